The lowest BCUT2D eigenvalue weighted by Crippen LogP contribution is -2.54. The lowest BCUT2D eigenvalue weighted by molar-refractivity contribution is 0.0904. The first-order valence-corrected chi connectivity index (χ1v) is 11.9. The van der Waals surface area contributed by atoms with Crippen LogP contribution in [0.15, 0.2) is 23.2 Å². The Hall–Kier alpha value is -1.05. The van der Waals surface area contributed by atoms with Crippen molar-refractivity contribution < 1.29 is 21.9 Å². The van der Waals surface area contributed by atoms with Crippen molar-refractivity contribution in [3.8, 4) is 0 Å². The second kappa shape index (κ2) is 13.5. The second-order valence-electron chi connectivity index (χ2n) is 7.39. The molecule has 1 heterocycles. The molecule has 178 valence electrons. The predicted molar refractivity (Wildman–Crippen MR) is 129 cm³/mol. The maximum Gasteiger partial charge on any atom is 0.216 e. The number of guanidine groups is 1. The zero-order valence-electron chi connectivity index (χ0n) is 18.3. The molecular weight excluding hydrogens is 541 g/mol. The van der Waals surface area contributed by atoms with Gasteiger partial charge in [-0.15, -0.1) is 24.0 Å². The molecule has 0 saturated carbocycles. The Kier molecular flexibility index (Phi) is 12.2. The molecule has 0 aliphatic carbocycles. The van der Waals surface area contributed by atoms with E-state index in [0.29, 0.717) is 57.2 Å². The molecule has 1 N–H and O–H groups in total. The largest absolute Gasteiger partial charge is 0.378 e. The number of ether oxygens (including phenoxy) is 1. The van der Waals surface area contributed by atoms with Gasteiger partial charge in [-0.05, 0) is 44.9 Å². The lowest BCUT2D eigenvalue weighted by Gasteiger charge is -2.36. The summed E-state index contributed by atoms with van der Waals surface area (Å²) in [7, 11) is -3.35. The highest BCUT2D eigenvalue weighted by atomic mass is 127. The van der Waals surface area contributed by atoms with E-state index < -0.39 is 21.7 Å². The van der Waals surface area contributed by atoms with E-state index in [1.54, 1.807) is 0 Å². The monoisotopic (exact) mass is 574 g/mol. The van der Waals surface area contributed by atoms with E-state index in [2.05, 4.69) is 10.3 Å². The summed E-state index contributed by atoms with van der Waals surface area (Å²) in [6.45, 7) is 8.71. The minimum absolute atomic E-state index is 0. The van der Waals surface area contributed by atoms with Crippen molar-refractivity contribution in [2.24, 2.45) is 4.99 Å². The molecule has 31 heavy (non-hydrogen) atoms. The zero-order valence-corrected chi connectivity index (χ0v) is 21.5. The average Bonchev–Trinajstić information content (AvgIpc) is 2.66. The normalized spacial score (nSPS) is 15.8. The third-order valence-corrected chi connectivity index (χ3v) is 6.48. The summed E-state index contributed by atoms with van der Waals surface area (Å²) in [6, 6.07) is 3.45. The van der Waals surface area contributed by atoms with Gasteiger partial charge in [0.15, 0.2) is 5.96 Å². The van der Waals surface area contributed by atoms with Crippen LogP contribution in [0.25, 0.3) is 0 Å². The van der Waals surface area contributed by atoms with E-state index >= 15 is 0 Å². The third kappa shape index (κ3) is 9.54. The molecule has 0 spiro atoms. The van der Waals surface area contributed by atoms with Crippen molar-refractivity contribution in [1.29, 1.82) is 0 Å². The van der Waals surface area contributed by atoms with Gasteiger partial charge in [0.1, 0.15) is 11.6 Å². The van der Waals surface area contributed by atoms with Crippen LogP contribution in [0.2, 0.25) is 0 Å². The summed E-state index contributed by atoms with van der Waals surface area (Å²) >= 11 is 0. The first kappa shape index (κ1) is 28.0. The number of benzene rings is 1. The number of hydrogen-bond donors (Lipinski definition) is 1. The fraction of sp³-hybridized carbons (Fsp3) is 0.650. The Morgan fingerprint density at radius 1 is 1.16 bits per heavy atom. The van der Waals surface area contributed by atoms with Crippen LogP contribution in [0.3, 0.4) is 0 Å². The van der Waals surface area contributed by atoms with Gasteiger partial charge >= 0.3 is 0 Å². The fourth-order valence-corrected chi connectivity index (χ4v) is 4.45. The van der Waals surface area contributed by atoms with Crippen LogP contribution in [0, 0.1) is 11.6 Å². The number of halogens is 3. The molecule has 0 bridgehead atoms. The topological polar surface area (TPSA) is 74.2 Å². The van der Waals surface area contributed by atoms with E-state index in [9.17, 15) is 17.2 Å². The molecule has 0 amide bonds. The van der Waals surface area contributed by atoms with E-state index in [1.165, 1.54) is 16.4 Å². The van der Waals surface area contributed by atoms with Crippen LogP contribution in [-0.2, 0) is 21.2 Å². The number of nitrogens with one attached hydrogen (secondary N) is 1. The van der Waals surface area contributed by atoms with Gasteiger partial charge in [-0.1, -0.05) is 0 Å². The predicted octanol–water partition coefficient (Wildman–Crippen LogP) is 2.46. The number of sulfonamides is 1. The molecule has 0 radical (unpaired) electrons. The van der Waals surface area contributed by atoms with E-state index in [-0.39, 0.29) is 42.4 Å². The highest BCUT2D eigenvalue weighted by Gasteiger charge is 2.28. The fourth-order valence-electron chi connectivity index (χ4n) is 3.17. The van der Waals surface area contributed by atoms with Gasteiger partial charge in [0.25, 0.3) is 0 Å². The molecule has 0 aromatic heterocycles. The third-order valence-electron chi connectivity index (χ3n) is 4.64. The Labute approximate surface area is 201 Å². The highest BCUT2D eigenvalue weighted by Crippen LogP contribution is 2.11. The van der Waals surface area contributed by atoms with E-state index in [4.69, 9.17) is 4.74 Å². The SMILES string of the molecule is CCNC(=NCCc1cc(F)cc(F)c1)N1CCN(S(=O)(=O)CCOC(C)C)CC1.I. The minimum atomic E-state index is -3.35. The van der Waals surface area contributed by atoms with Crippen molar-refractivity contribution in [1.82, 2.24) is 14.5 Å². The summed E-state index contributed by atoms with van der Waals surface area (Å²) in [5.41, 5.74) is 0.548. The molecule has 1 aromatic rings. The molecule has 7 nitrogen and oxygen atoms in total. The van der Waals surface area contributed by atoms with Gasteiger partial charge in [0.2, 0.25) is 10.0 Å². The first-order valence-electron chi connectivity index (χ1n) is 10.3. The molecule has 1 fully saturated rings. The number of nitrogens with zero attached hydrogens (tertiary/aromatic N) is 3. The van der Waals surface area contributed by atoms with E-state index in [1.807, 2.05) is 25.7 Å². The van der Waals surface area contributed by atoms with Crippen molar-refractivity contribution in [3.05, 3.63) is 35.4 Å². The highest BCUT2D eigenvalue weighted by molar-refractivity contribution is 14.0. The number of aliphatic imine (C=N–C) groups is 1. The van der Waals surface area contributed by atoms with Crippen molar-refractivity contribution in [2.45, 2.75) is 33.3 Å². The molecule has 11 heteroatoms. The molecule has 1 saturated heterocycles. The van der Waals surface area contributed by atoms with Crippen LogP contribution in [0.4, 0.5) is 8.78 Å². The average molecular weight is 574 g/mol. The van der Waals surface area contributed by atoms with Gasteiger partial charge < -0.3 is 15.0 Å². The van der Waals surface area contributed by atoms with E-state index in [0.717, 1.165) is 6.07 Å². The Morgan fingerprint density at radius 2 is 1.77 bits per heavy atom. The number of hydrogen-bond acceptors (Lipinski definition) is 4. The molecule has 0 atom stereocenters. The van der Waals surface area contributed by atoms with Crippen molar-refractivity contribution in [3.63, 3.8) is 0 Å². The molecule has 2 rings (SSSR count). The number of rotatable bonds is 9. The van der Waals surface area contributed by atoms with Gasteiger partial charge in [-0.3, -0.25) is 4.99 Å². The Balaban J connectivity index is 0.00000480. The van der Waals surface area contributed by atoms with Gasteiger partial charge in [-0.2, -0.15) is 4.31 Å². The van der Waals surface area contributed by atoms with Crippen molar-refractivity contribution >= 4 is 40.0 Å². The quantitative estimate of drug-likeness (QED) is 0.279. The minimum Gasteiger partial charge on any atom is -0.378 e. The zero-order chi connectivity index (χ0) is 22.1. The van der Waals surface area contributed by atoms with Gasteiger partial charge in [-0.25, -0.2) is 17.2 Å². The Bertz CT molecular complexity index is 796. The van der Waals surface area contributed by atoms with Crippen LogP contribution < -0.4 is 5.32 Å². The molecule has 1 aromatic carbocycles. The molecular formula is C20H33F2IN4O3S. The summed E-state index contributed by atoms with van der Waals surface area (Å²) in [6.07, 6.45) is 0.410. The molecule has 1 aliphatic rings. The smallest absolute Gasteiger partial charge is 0.216 e. The molecule has 0 unspecified atom stereocenters. The summed E-state index contributed by atoms with van der Waals surface area (Å²) < 4.78 is 58.4. The van der Waals surface area contributed by atoms with Crippen molar-refractivity contribution in [2.75, 3.05) is 51.6 Å². The van der Waals surface area contributed by atoms with Crippen LogP contribution in [-0.4, -0.2) is 81.3 Å². The van der Waals surface area contributed by atoms with Gasteiger partial charge in [0, 0.05) is 45.3 Å². The number of piperazine rings is 1. The summed E-state index contributed by atoms with van der Waals surface area (Å²) in [4.78, 5) is 6.55. The Morgan fingerprint density at radius 3 is 2.32 bits per heavy atom. The van der Waals surface area contributed by atoms with Crippen LogP contribution in [0.1, 0.15) is 26.3 Å². The standard InChI is InChI=1S/C20H32F2N4O3S.HI/c1-4-23-20(24-6-5-17-13-18(21)15-19(22)14-17)25-7-9-26(10-8-25)30(27,28)12-11-29-16(2)3;/h13-16H,4-12H2,1-3H3,(H,23,24);1H. The maximum atomic E-state index is 13.3. The maximum absolute atomic E-state index is 13.3. The first-order chi connectivity index (χ1) is 14.2. The lowest BCUT2D eigenvalue weighted by atomic mass is 10.1. The second-order valence-corrected chi connectivity index (χ2v) is 9.47. The summed E-state index contributed by atoms with van der Waals surface area (Å²) in [5.74, 6) is -0.549. The van der Waals surface area contributed by atoms with Crippen LogP contribution in [0.5, 0.6) is 0 Å². The van der Waals surface area contributed by atoms with Gasteiger partial charge in [0.05, 0.1) is 18.5 Å². The summed E-state index contributed by atoms with van der Waals surface area (Å²) in [5, 5.41) is 3.20. The molecule has 1 aliphatic heterocycles. The van der Waals surface area contributed by atoms with Crippen LogP contribution >= 0.6 is 24.0 Å².